The Morgan fingerprint density at radius 2 is 1.85 bits per heavy atom. The quantitative estimate of drug-likeness (QED) is 0.479. The third-order valence-electron chi connectivity index (χ3n) is 3.69. The lowest BCUT2D eigenvalue weighted by Crippen LogP contribution is -2.47. The van der Waals surface area contributed by atoms with Crippen LogP contribution in [0.1, 0.15) is 33.6 Å². The minimum atomic E-state index is -3.61. The van der Waals surface area contributed by atoms with Gasteiger partial charge in [-0.15, -0.1) is 0 Å². The molecule has 0 aromatic heterocycles. The zero-order valence-corrected chi connectivity index (χ0v) is 16.9. The number of piperidine rings is 1. The molecule has 10 heteroatoms. The van der Waals surface area contributed by atoms with Crippen molar-refractivity contribution in [3.63, 3.8) is 0 Å². The van der Waals surface area contributed by atoms with E-state index < -0.39 is 34.0 Å². The van der Waals surface area contributed by atoms with Gasteiger partial charge in [0, 0.05) is 19.1 Å². The first-order valence-corrected chi connectivity index (χ1v) is 10.6. The fourth-order valence-corrected chi connectivity index (χ4v) is 3.19. The Morgan fingerprint density at radius 1 is 1.22 bits per heavy atom. The molecule has 0 radical (unpaired) electrons. The molecule has 0 atom stereocenters. The predicted octanol–water partition coefficient (Wildman–Crippen LogP) is 1.42. The van der Waals surface area contributed by atoms with Crippen LogP contribution in [0.4, 0.5) is 9.18 Å². The summed E-state index contributed by atoms with van der Waals surface area (Å²) in [6, 6.07) is 0.0281. The van der Waals surface area contributed by atoms with Gasteiger partial charge in [0.1, 0.15) is 12.3 Å². The molecule has 1 amide bonds. The maximum atomic E-state index is 12.0. The number of nitrogens with one attached hydrogen (secondary N) is 1. The number of hydrogen-bond acceptors (Lipinski definition) is 7. The van der Waals surface area contributed by atoms with Gasteiger partial charge in [-0.2, -0.15) is 0 Å². The molecule has 156 valence electrons. The highest BCUT2D eigenvalue weighted by Gasteiger charge is 2.27. The highest BCUT2D eigenvalue weighted by Crippen LogP contribution is 2.15. The number of halogens is 1. The van der Waals surface area contributed by atoms with Gasteiger partial charge in [0.25, 0.3) is 0 Å². The highest BCUT2D eigenvalue weighted by atomic mass is 32.2. The second-order valence-corrected chi connectivity index (χ2v) is 9.35. The number of carbonyl (C=O) groups is 2. The van der Waals surface area contributed by atoms with Gasteiger partial charge in [0.05, 0.1) is 12.3 Å². The molecule has 0 aromatic carbocycles. The zero-order chi connectivity index (χ0) is 20.5. The normalized spacial score (nSPS) is 16.5. The van der Waals surface area contributed by atoms with Gasteiger partial charge >= 0.3 is 12.1 Å². The van der Waals surface area contributed by atoms with Gasteiger partial charge in [-0.1, -0.05) is 12.2 Å². The van der Waals surface area contributed by atoms with Gasteiger partial charge in [-0.05, 0) is 33.6 Å². The summed E-state index contributed by atoms with van der Waals surface area (Å²) >= 11 is 0. The molecule has 1 N–H and O–H groups in total. The molecule has 1 saturated heterocycles. The Balaban J connectivity index is 2.26. The molecule has 1 rings (SSSR count). The van der Waals surface area contributed by atoms with E-state index in [2.05, 4.69) is 5.32 Å². The van der Waals surface area contributed by atoms with Crippen molar-refractivity contribution < 1.29 is 31.9 Å². The first kappa shape index (κ1) is 23.4. The lowest BCUT2D eigenvalue weighted by Gasteiger charge is -2.33. The van der Waals surface area contributed by atoms with Crippen molar-refractivity contribution in [2.24, 2.45) is 0 Å². The second-order valence-electron chi connectivity index (χ2n) is 7.29. The van der Waals surface area contributed by atoms with Crippen molar-refractivity contribution in [2.45, 2.75) is 45.3 Å². The molecule has 1 fully saturated rings. The summed E-state index contributed by atoms with van der Waals surface area (Å²) in [6.45, 7) is 5.58. The standard InChI is InChI=1S/C17H29FN2O6S/c1-17(2,3)26-16(22)20-9-6-14(7-10-20)19-12-15(21)25-13-27(23,24)11-5-4-8-18/h4-5,14,19H,6-13H2,1-3H3/b5-4+. The molecule has 0 aliphatic carbocycles. The minimum Gasteiger partial charge on any atom is -0.448 e. The average Bonchev–Trinajstić information content (AvgIpc) is 2.57. The Morgan fingerprint density at radius 3 is 2.41 bits per heavy atom. The number of hydrogen-bond donors (Lipinski definition) is 1. The largest absolute Gasteiger partial charge is 0.448 e. The van der Waals surface area contributed by atoms with E-state index in [1.54, 1.807) is 4.90 Å². The maximum absolute atomic E-state index is 12.0. The summed E-state index contributed by atoms with van der Waals surface area (Å²) in [6.07, 6.45) is 3.22. The van der Waals surface area contributed by atoms with Crippen LogP contribution in [0.2, 0.25) is 0 Å². The second kappa shape index (κ2) is 10.6. The molecule has 0 bridgehead atoms. The van der Waals surface area contributed by atoms with Gasteiger partial charge < -0.3 is 19.7 Å². The molecular formula is C17H29FN2O6S. The fraction of sp³-hybridized carbons (Fsp3) is 0.765. The summed E-state index contributed by atoms with van der Waals surface area (Å²) in [5, 5.41) is 3.01. The number of sulfone groups is 1. The van der Waals surface area contributed by atoms with E-state index in [-0.39, 0.29) is 24.4 Å². The smallest absolute Gasteiger partial charge is 0.410 e. The first-order valence-electron chi connectivity index (χ1n) is 8.81. The number of ether oxygens (including phenoxy) is 2. The van der Waals surface area contributed by atoms with Crippen LogP contribution in [0.5, 0.6) is 0 Å². The Kier molecular flexibility index (Phi) is 9.17. The van der Waals surface area contributed by atoms with Crippen LogP contribution in [0.25, 0.3) is 0 Å². The first-order chi connectivity index (χ1) is 12.5. The number of carbonyl (C=O) groups excluding carboxylic acids is 2. The third-order valence-corrected chi connectivity index (χ3v) is 4.86. The van der Waals surface area contributed by atoms with Crippen molar-refractivity contribution in [2.75, 3.05) is 38.0 Å². The van der Waals surface area contributed by atoms with E-state index in [0.717, 1.165) is 6.08 Å². The highest BCUT2D eigenvalue weighted by molar-refractivity contribution is 7.91. The number of rotatable bonds is 8. The Hall–Kier alpha value is -1.68. The van der Waals surface area contributed by atoms with Crippen LogP contribution in [0.3, 0.4) is 0 Å². The maximum Gasteiger partial charge on any atom is 0.410 e. The molecule has 0 unspecified atom stereocenters. The van der Waals surface area contributed by atoms with E-state index in [0.29, 0.717) is 25.9 Å². The van der Waals surface area contributed by atoms with Crippen molar-refractivity contribution in [1.29, 1.82) is 0 Å². The van der Waals surface area contributed by atoms with Crippen LogP contribution in [0.15, 0.2) is 12.2 Å². The average molecular weight is 408 g/mol. The summed E-state index contributed by atoms with van der Waals surface area (Å²) in [5.74, 6) is -1.79. The van der Waals surface area contributed by atoms with E-state index >= 15 is 0 Å². The predicted molar refractivity (Wildman–Crippen MR) is 98.7 cm³/mol. The molecule has 0 aromatic rings. The van der Waals surface area contributed by atoms with Gasteiger partial charge in [0.2, 0.25) is 0 Å². The molecule has 0 spiro atoms. The van der Waals surface area contributed by atoms with Crippen molar-refractivity contribution in [1.82, 2.24) is 10.2 Å². The van der Waals surface area contributed by atoms with Crippen LogP contribution < -0.4 is 5.32 Å². The summed E-state index contributed by atoms with van der Waals surface area (Å²) < 4.78 is 45.1. The van der Waals surface area contributed by atoms with E-state index in [1.165, 1.54) is 6.08 Å². The minimum absolute atomic E-state index is 0.0281. The van der Waals surface area contributed by atoms with Gasteiger partial charge in [-0.3, -0.25) is 4.79 Å². The van der Waals surface area contributed by atoms with E-state index in [4.69, 9.17) is 9.47 Å². The Labute approximate surface area is 160 Å². The molecule has 0 saturated carbocycles. The molecular weight excluding hydrogens is 379 g/mol. The number of allylic oxidation sites excluding steroid dienone is 1. The molecule has 1 heterocycles. The number of nitrogens with zero attached hydrogens (tertiary/aromatic N) is 1. The summed E-state index contributed by atoms with van der Waals surface area (Å²) in [5.41, 5.74) is -0.544. The van der Waals surface area contributed by atoms with Crippen LogP contribution >= 0.6 is 0 Å². The summed E-state index contributed by atoms with van der Waals surface area (Å²) in [7, 11) is -3.61. The lowest BCUT2D eigenvalue weighted by molar-refractivity contribution is -0.140. The summed E-state index contributed by atoms with van der Waals surface area (Å²) in [4.78, 5) is 25.3. The van der Waals surface area contributed by atoms with Crippen molar-refractivity contribution in [3.05, 3.63) is 12.2 Å². The van der Waals surface area contributed by atoms with E-state index in [9.17, 15) is 22.4 Å². The topological polar surface area (TPSA) is 102 Å². The number of esters is 1. The lowest BCUT2D eigenvalue weighted by atomic mass is 10.1. The number of likely N-dealkylation sites (tertiary alicyclic amines) is 1. The number of amides is 1. The van der Waals surface area contributed by atoms with Crippen LogP contribution in [-0.4, -0.2) is 75.0 Å². The zero-order valence-electron chi connectivity index (χ0n) is 16.1. The van der Waals surface area contributed by atoms with Crippen LogP contribution in [-0.2, 0) is 24.1 Å². The van der Waals surface area contributed by atoms with Crippen molar-refractivity contribution in [3.8, 4) is 0 Å². The molecule has 1 aliphatic rings. The van der Waals surface area contributed by atoms with Gasteiger partial charge in [-0.25, -0.2) is 17.6 Å². The number of alkyl halides is 1. The molecule has 1 aliphatic heterocycles. The van der Waals surface area contributed by atoms with Crippen molar-refractivity contribution >= 4 is 21.9 Å². The fourth-order valence-electron chi connectivity index (χ4n) is 2.35. The molecule has 8 nitrogen and oxygen atoms in total. The monoisotopic (exact) mass is 408 g/mol. The Bertz CT molecular complexity index is 622. The van der Waals surface area contributed by atoms with Gasteiger partial charge in [0.15, 0.2) is 15.8 Å². The SMILES string of the molecule is CC(C)(C)OC(=O)N1CCC(NCC(=O)OCS(=O)(=O)C/C=C/CF)CC1. The van der Waals surface area contributed by atoms with E-state index in [1.807, 2.05) is 20.8 Å². The van der Waals surface area contributed by atoms with Crippen LogP contribution in [0, 0.1) is 0 Å². The third kappa shape index (κ3) is 10.3. The molecule has 27 heavy (non-hydrogen) atoms.